The summed E-state index contributed by atoms with van der Waals surface area (Å²) in [4.78, 5) is 1.87. The molecule has 0 saturated carbocycles. The summed E-state index contributed by atoms with van der Waals surface area (Å²) in [5.74, 6) is 0.428. The zero-order valence-corrected chi connectivity index (χ0v) is 13.2. The van der Waals surface area contributed by atoms with Crippen molar-refractivity contribution >= 4 is 26.7 Å². The Bertz CT molecular complexity index is 432. The number of alkyl halides is 1. The predicted molar refractivity (Wildman–Crippen MR) is 78.9 cm³/mol. The van der Waals surface area contributed by atoms with E-state index < -0.39 is 10.8 Å². The highest BCUT2D eigenvalue weighted by atomic mass is 79.9. The van der Waals surface area contributed by atoms with E-state index in [4.69, 9.17) is 0 Å². The van der Waals surface area contributed by atoms with Crippen LogP contribution in [0.1, 0.15) is 26.3 Å². The van der Waals surface area contributed by atoms with Crippen molar-refractivity contribution in [3.8, 4) is 0 Å². The van der Waals surface area contributed by atoms with Crippen molar-refractivity contribution in [2.45, 2.75) is 32.6 Å². The molecular formula is C14H19BrOS. The van der Waals surface area contributed by atoms with Crippen molar-refractivity contribution < 1.29 is 4.21 Å². The first-order valence-electron chi connectivity index (χ1n) is 5.71. The summed E-state index contributed by atoms with van der Waals surface area (Å²) in [5, 5.41) is 0.664. The van der Waals surface area contributed by atoms with Gasteiger partial charge in [-0.1, -0.05) is 53.0 Å². The molecule has 0 aliphatic rings. The fourth-order valence-electron chi connectivity index (χ4n) is 1.43. The fraction of sp³-hybridized carbons (Fsp3) is 0.429. The van der Waals surface area contributed by atoms with Gasteiger partial charge in [-0.25, -0.2) is 4.21 Å². The number of allylic oxidation sites excluding steroid dienone is 2. The molecule has 1 atom stereocenters. The first-order chi connectivity index (χ1) is 7.97. The molecule has 1 rings (SSSR count). The molecule has 0 heterocycles. The van der Waals surface area contributed by atoms with Crippen molar-refractivity contribution in [1.29, 1.82) is 0 Å². The van der Waals surface area contributed by atoms with Crippen LogP contribution in [0.15, 0.2) is 39.6 Å². The Kier molecular flexibility index (Phi) is 5.60. The molecule has 1 unspecified atom stereocenters. The van der Waals surface area contributed by atoms with Crippen LogP contribution in [0.25, 0.3) is 0 Å². The van der Waals surface area contributed by atoms with Crippen LogP contribution in [0.5, 0.6) is 0 Å². The molecule has 0 saturated heterocycles. The van der Waals surface area contributed by atoms with Crippen molar-refractivity contribution in [2.75, 3.05) is 5.33 Å². The van der Waals surface area contributed by atoms with Gasteiger partial charge in [-0.15, -0.1) is 0 Å². The molecule has 0 bridgehead atoms. The van der Waals surface area contributed by atoms with Crippen molar-refractivity contribution in [1.82, 2.24) is 0 Å². The molecule has 94 valence electrons. The van der Waals surface area contributed by atoms with Crippen molar-refractivity contribution in [3.05, 3.63) is 40.3 Å². The van der Waals surface area contributed by atoms with Gasteiger partial charge in [0.2, 0.25) is 0 Å². The van der Waals surface area contributed by atoms with Gasteiger partial charge in [0.15, 0.2) is 0 Å². The number of rotatable bonds is 4. The Morgan fingerprint density at radius 3 is 2.24 bits per heavy atom. The summed E-state index contributed by atoms with van der Waals surface area (Å²) >= 11 is 3.45. The van der Waals surface area contributed by atoms with Crippen molar-refractivity contribution in [2.24, 2.45) is 5.92 Å². The van der Waals surface area contributed by atoms with E-state index in [1.807, 2.05) is 31.2 Å². The molecule has 0 aliphatic carbocycles. The molecule has 0 spiro atoms. The Morgan fingerprint density at radius 1 is 1.29 bits per heavy atom. The largest absolute Gasteiger partial charge is 0.249 e. The van der Waals surface area contributed by atoms with Crippen LogP contribution in [0.2, 0.25) is 0 Å². The Balaban J connectivity index is 3.11. The van der Waals surface area contributed by atoms with Gasteiger partial charge in [0.05, 0.1) is 10.8 Å². The SMILES string of the molecule is C/C(=C(/CBr)S(=O)c1ccc(C)cc1)C(C)C. The number of hydrogen-bond acceptors (Lipinski definition) is 1. The molecule has 1 aromatic carbocycles. The molecule has 1 aromatic rings. The van der Waals surface area contributed by atoms with Crippen LogP contribution in [-0.2, 0) is 10.8 Å². The van der Waals surface area contributed by atoms with Crippen LogP contribution in [0, 0.1) is 12.8 Å². The van der Waals surface area contributed by atoms with E-state index in [-0.39, 0.29) is 0 Å². The minimum Gasteiger partial charge on any atom is -0.249 e. The molecule has 3 heteroatoms. The van der Waals surface area contributed by atoms with E-state index in [0.717, 1.165) is 9.80 Å². The predicted octanol–water partition coefficient (Wildman–Crippen LogP) is 4.43. The van der Waals surface area contributed by atoms with Gasteiger partial charge in [0.1, 0.15) is 0 Å². The van der Waals surface area contributed by atoms with Gasteiger partial charge in [0, 0.05) is 15.1 Å². The Labute approximate surface area is 115 Å². The molecule has 0 aromatic heterocycles. The average molecular weight is 315 g/mol. The van der Waals surface area contributed by atoms with Gasteiger partial charge < -0.3 is 0 Å². The van der Waals surface area contributed by atoms with E-state index in [1.54, 1.807) is 0 Å². The lowest BCUT2D eigenvalue weighted by atomic mass is 10.1. The van der Waals surface area contributed by atoms with E-state index in [2.05, 4.69) is 36.7 Å². The maximum absolute atomic E-state index is 12.5. The standard InChI is InChI=1S/C14H19BrOS/c1-10(2)12(4)14(9-15)17(16)13-7-5-11(3)6-8-13/h5-8,10H,9H2,1-4H3/b14-12+. The zero-order chi connectivity index (χ0) is 13.0. The third kappa shape index (κ3) is 3.78. The van der Waals surface area contributed by atoms with Crippen LogP contribution in [0.4, 0.5) is 0 Å². The first kappa shape index (κ1) is 14.7. The van der Waals surface area contributed by atoms with Gasteiger partial charge in [0.25, 0.3) is 0 Å². The Morgan fingerprint density at radius 2 is 1.82 bits per heavy atom. The maximum Gasteiger partial charge on any atom is 0.0816 e. The quantitative estimate of drug-likeness (QED) is 0.751. The lowest BCUT2D eigenvalue weighted by Crippen LogP contribution is -2.04. The third-order valence-electron chi connectivity index (χ3n) is 2.89. The monoisotopic (exact) mass is 314 g/mol. The molecule has 0 aliphatic heterocycles. The molecule has 1 nitrogen and oxygen atoms in total. The summed E-state index contributed by atoms with van der Waals surface area (Å²) < 4.78 is 12.5. The van der Waals surface area contributed by atoms with Crippen LogP contribution >= 0.6 is 15.9 Å². The highest BCUT2D eigenvalue weighted by Gasteiger charge is 2.14. The first-order valence-corrected chi connectivity index (χ1v) is 7.98. The van der Waals surface area contributed by atoms with E-state index in [9.17, 15) is 4.21 Å². The molecule has 0 fully saturated rings. The zero-order valence-electron chi connectivity index (χ0n) is 10.8. The molecule has 0 amide bonds. The number of benzene rings is 1. The van der Waals surface area contributed by atoms with E-state index in [0.29, 0.717) is 11.2 Å². The molecule has 0 N–H and O–H groups in total. The van der Waals surface area contributed by atoms with E-state index >= 15 is 0 Å². The van der Waals surface area contributed by atoms with E-state index in [1.165, 1.54) is 11.1 Å². The topological polar surface area (TPSA) is 17.1 Å². The third-order valence-corrected chi connectivity index (χ3v) is 5.43. The highest BCUT2D eigenvalue weighted by molar-refractivity contribution is 9.09. The summed E-state index contributed by atoms with van der Waals surface area (Å²) in [6.45, 7) is 8.36. The average Bonchev–Trinajstić information content (AvgIpc) is 2.30. The lowest BCUT2D eigenvalue weighted by molar-refractivity contribution is 0.684. The molecular weight excluding hydrogens is 296 g/mol. The second-order valence-corrected chi connectivity index (χ2v) is 6.54. The summed E-state index contributed by atoms with van der Waals surface area (Å²) in [7, 11) is -1.05. The second kappa shape index (κ2) is 6.50. The van der Waals surface area contributed by atoms with Crippen LogP contribution in [0.3, 0.4) is 0 Å². The van der Waals surface area contributed by atoms with Crippen LogP contribution in [-0.4, -0.2) is 9.54 Å². The number of aryl methyl sites for hydroxylation is 1. The smallest absolute Gasteiger partial charge is 0.0816 e. The summed E-state index contributed by atoms with van der Waals surface area (Å²) in [6.07, 6.45) is 0. The van der Waals surface area contributed by atoms with Crippen LogP contribution < -0.4 is 0 Å². The van der Waals surface area contributed by atoms with Gasteiger partial charge in [-0.3, -0.25) is 0 Å². The normalized spacial score (nSPS) is 14.7. The van der Waals surface area contributed by atoms with Gasteiger partial charge >= 0.3 is 0 Å². The second-order valence-electron chi connectivity index (χ2n) is 4.48. The minimum atomic E-state index is -1.05. The maximum atomic E-state index is 12.5. The Hall–Kier alpha value is -0.410. The van der Waals surface area contributed by atoms with Gasteiger partial charge in [-0.2, -0.15) is 0 Å². The highest BCUT2D eigenvalue weighted by Crippen LogP contribution is 2.23. The molecule has 17 heavy (non-hydrogen) atoms. The summed E-state index contributed by atoms with van der Waals surface area (Å²) in [6, 6.07) is 7.90. The summed E-state index contributed by atoms with van der Waals surface area (Å²) in [5.41, 5.74) is 2.40. The lowest BCUT2D eigenvalue weighted by Gasteiger charge is -2.12. The molecule has 0 radical (unpaired) electrons. The number of halogens is 1. The number of hydrogen-bond donors (Lipinski definition) is 0. The van der Waals surface area contributed by atoms with Gasteiger partial charge in [-0.05, 0) is 31.9 Å². The minimum absolute atomic E-state index is 0.428. The van der Waals surface area contributed by atoms with Crippen molar-refractivity contribution in [3.63, 3.8) is 0 Å². The fourth-order valence-corrected chi connectivity index (χ4v) is 3.79.